The number of halogens is 1. The van der Waals surface area contributed by atoms with Gasteiger partial charge in [-0.3, -0.25) is 19.3 Å². The van der Waals surface area contributed by atoms with Crippen molar-refractivity contribution in [2.75, 3.05) is 13.2 Å². The van der Waals surface area contributed by atoms with Crippen LogP contribution in [-0.4, -0.2) is 71.2 Å². The zero-order chi connectivity index (χ0) is 33.4. The van der Waals surface area contributed by atoms with E-state index in [0.29, 0.717) is 29.1 Å². The van der Waals surface area contributed by atoms with Crippen LogP contribution in [0.2, 0.25) is 5.02 Å². The Hall–Kier alpha value is -4.70. The number of nitrogens with one attached hydrogen (secondary N) is 2. The van der Waals surface area contributed by atoms with E-state index in [9.17, 15) is 19.2 Å². The van der Waals surface area contributed by atoms with Crippen molar-refractivity contribution in [2.24, 2.45) is 5.16 Å². The highest BCUT2D eigenvalue weighted by molar-refractivity contribution is 6.38. The molecule has 2 N–H and O–H groups in total. The van der Waals surface area contributed by atoms with Crippen LogP contribution in [0, 0.1) is 0 Å². The second kappa shape index (κ2) is 13.1. The first-order chi connectivity index (χ1) is 23.3. The fourth-order valence-corrected chi connectivity index (χ4v) is 7.32. The Morgan fingerprint density at radius 3 is 2.27 bits per heavy atom. The maximum Gasteiger partial charge on any atom is 0.410 e. The van der Waals surface area contributed by atoms with Gasteiger partial charge in [-0.05, 0) is 47.6 Å². The van der Waals surface area contributed by atoms with Crippen LogP contribution in [0.25, 0.3) is 11.1 Å². The van der Waals surface area contributed by atoms with E-state index in [4.69, 9.17) is 21.2 Å². The maximum atomic E-state index is 14.0. The number of rotatable bonds is 10. The number of carbonyl (C=O) groups excluding carboxylic acids is 4. The van der Waals surface area contributed by atoms with E-state index in [1.165, 1.54) is 4.90 Å². The molecular formula is C37H37ClN4O6. The lowest BCUT2D eigenvalue weighted by Gasteiger charge is -2.26. The molecule has 7 rings (SSSR count). The first kappa shape index (κ1) is 31.9. The summed E-state index contributed by atoms with van der Waals surface area (Å²) >= 11 is 6.46. The number of hydrogen-bond donors (Lipinski definition) is 2. The number of likely N-dealkylation sites (tertiary alicyclic amines) is 1. The van der Waals surface area contributed by atoms with E-state index in [1.807, 2.05) is 61.5 Å². The highest BCUT2D eigenvalue weighted by atomic mass is 35.5. The minimum atomic E-state index is -1.03. The Morgan fingerprint density at radius 1 is 0.979 bits per heavy atom. The highest BCUT2D eigenvalue weighted by Crippen LogP contribution is 2.45. The van der Waals surface area contributed by atoms with E-state index in [0.717, 1.165) is 35.1 Å². The van der Waals surface area contributed by atoms with Gasteiger partial charge in [0.05, 0.1) is 18.3 Å². The third-order valence-corrected chi connectivity index (χ3v) is 9.97. The van der Waals surface area contributed by atoms with Crippen LogP contribution in [0.15, 0.2) is 78.0 Å². The smallest absolute Gasteiger partial charge is 0.410 e. The number of Topliss-reactive ketones (excluding diaryl/α,β-unsaturated/α-hetero) is 1. The van der Waals surface area contributed by atoms with Crippen molar-refractivity contribution in [1.29, 1.82) is 0 Å². The quantitative estimate of drug-likeness (QED) is 0.280. The van der Waals surface area contributed by atoms with Gasteiger partial charge in [0.2, 0.25) is 11.7 Å². The molecule has 2 heterocycles. The summed E-state index contributed by atoms with van der Waals surface area (Å²) < 4.78 is 5.99. The first-order valence-electron chi connectivity index (χ1n) is 16.5. The van der Waals surface area contributed by atoms with Crippen molar-refractivity contribution in [2.45, 2.75) is 75.1 Å². The van der Waals surface area contributed by atoms with Gasteiger partial charge in [0.25, 0.3) is 5.91 Å². The molecule has 0 bridgehead atoms. The molecule has 1 saturated carbocycles. The number of ketones is 1. The molecule has 4 aliphatic rings. The van der Waals surface area contributed by atoms with E-state index in [1.54, 1.807) is 6.07 Å². The zero-order valence-electron chi connectivity index (χ0n) is 26.6. The van der Waals surface area contributed by atoms with Crippen LogP contribution in [0.4, 0.5) is 4.79 Å². The summed E-state index contributed by atoms with van der Waals surface area (Å²) in [7, 11) is 0. The summed E-state index contributed by atoms with van der Waals surface area (Å²) in [6.45, 7) is 1.98. The van der Waals surface area contributed by atoms with E-state index >= 15 is 0 Å². The summed E-state index contributed by atoms with van der Waals surface area (Å²) in [4.78, 5) is 61.0. The van der Waals surface area contributed by atoms with Crippen LogP contribution in [0.5, 0.6) is 0 Å². The monoisotopic (exact) mass is 668 g/mol. The average Bonchev–Trinajstić information content (AvgIpc) is 3.56. The van der Waals surface area contributed by atoms with Gasteiger partial charge in [-0.25, -0.2) is 4.79 Å². The molecule has 1 unspecified atom stereocenters. The molecule has 2 aliphatic heterocycles. The molecule has 0 aromatic heterocycles. The van der Waals surface area contributed by atoms with Crippen LogP contribution >= 0.6 is 11.6 Å². The molecule has 3 atom stereocenters. The predicted molar refractivity (Wildman–Crippen MR) is 180 cm³/mol. The maximum absolute atomic E-state index is 14.0. The molecule has 3 aromatic carbocycles. The molecule has 2 fully saturated rings. The second-order valence-electron chi connectivity index (χ2n) is 13.1. The average molecular weight is 669 g/mol. The Balaban J connectivity index is 1.11. The van der Waals surface area contributed by atoms with Crippen LogP contribution in [-0.2, 0) is 24.0 Å². The molecular weight excluding hydrogens is 632 g/mol. The van der Waals surface area contributed by atoms with Gasteiger partial charge < -0.3 is 20.2 Å². The number of nitrogens with zero attached hydrogens (tertiary/aromatic N) is 2. The predicted octanol–water partition coefficient (Wildman–Crippen LogP) is 5.36. The van der Waals surface area contributed by atoms with Crippen LogP contribution in [0.3, 0.4) is 0 Å². The number of oxime groups is 1. The Bertz CT molecular complexity index is 1760. The van der Waals surface area contributed by atoms with Crippen molar-refractivity contribution in [1.82, 2.24) is 15.5 Å². The largest absolute Gasteiger partial charge is 0.448 e. The summed E-state index contributed by atoms with van der Waals surface area (Å²) in [5, 5.41) is 10.4. The standard InChI is InChI=1S/C37H37ClN4O6/c1-2-9-30(33(43)35(45)39-22-16-17-22)40-34(44)32-19-37(18-31(41-48-37)27-14-7-8-15-29(27)38)21-42(32)36(46)47-20-28-25-12-5-3-10-23(25)24-11-4-6-13-26(24)28/h3-8,10-15,22,28,30,32H,2,9,16-21H2,1H3,(H,39,45)(H,40,44)/t30-,32-,37?/m0/s1. The molecule has 1 saturated heterocycles. The third kappa shape index (κ3) is 6.17. The lowest BCUT2D eigenvalue weighted by molar-refractivity contribution is -0.140. The Labute approximate surface area is 283 Å². The molecule has 2 aliphatic carbocycles. The summed E-state index contributed by atoms with van der Waals surface area (Å²) in [5.41, 5.74) is 4.68. The fraction of sp³-hybridized carbons (Fsp3) is 0.378. The zero-order valence-corrected chi connectivity index (χ0v) is 27.4. The van der Waals surface area contributed by atoms with Gasteiger partial charge in [-0.2, -0.15) is 0 Å². The van der Waals surface area contributed by atoms with Gasteiger partial charge in [0.15, 0.2) is 5.60 Å². The first-order valence-corrected chi connectivity index (χ1v) is 16.9. The summed E-state index contributed by atoms with van der Waals surface area (Å²) in [6, 6.07) is 21.4. The van der Waals surface area contributed by atoms with Crippen LogP contribution < -0.4 is 10.6 Å². The van der Waals surface area contributed by atoms with Crippen molar-refractivity contribution in [3.05, 3.63) is 94.5 Å². The molecule has 3 aromatic rings. The second-order valence-corrected chi connectivity index (χ2v) is 13.5. The van der Waals surface area contributed by atoms with Gasteiger partial charge in [-0.15, -0.1) is 0 Å². The van der Waals surface area contributed by atoms with Gasteiger partial charge in [0.1, 0.15) is 12.6 Å². The number of ether oxygens (including phenoxy) is 1. The van der Waals surface area contributed by atoms with E-state index in [2.05, 4.69) is 27.9 Å². The minimum Gasteiger partial charge on any atom is -0.448 e. The molecule has 3 amide bonds. The molecule has 1 spiro atoms. The molecule has 248 valence electrons. The molecule has 11 heteroatoms. The van der Waals surface area contributed by atoms with E-state index < -0.39 is 41.4 Å². The highest BCUT2D eigenvalue weighted by Gasteiger charge is 2.55. The van der Waals surface area contributed by atoms with Crippen molar-refractivity contribution < 1.29 is 28.8 Å². The topological polar surface area (TPSA) is 126 Å². The van der Waals surface area contributed by atoms with Crippen molar-refractivity contribution in [3.63, 3.8) is 0 Å². The van der Waals surface area contributed by atoms with Gasteiger partial charge >= 0.3 is 6.09 Å². The van der Waals surface area contributed by atoms with Crippen LogP contribution in [0.1, 0.15) is 68.1 Å². The lowest BCUT2D eigenvalue weighted by Crippen LogP contribution is -2.53. The Morgan fingerprint density at radius 2 is 1.62 bits per heavy atom. The SMILES string of the molecule is CCC[C@H](NC(=O)[C@@H]1CC2(CC(c3ccccc3Cl)=NO2)CN1C(=O)OCC1c2ccccc2-c2ccccc21)C(=O)C(=O)NC1CC1. The normalized spacial score (nSPS) is 21.6. The minimum absolute atomic E-state index is 0.00464. The lowest BCUT2D eigenvalue weighted by atomic mass is 9.91. The molecule has 10 nitrogen and oxygen atoms in total. The van der Waals surface area contributed by atoms with Crippen molar-refractivity contribution >= 4 is 41.0 Å². The molecule has 0 radical (unpaired) electrons. The van der Waals surface area contributed by atoms with Gasteiger partial charge in [0, 0.05) is 35.4 Å². The number of carbonyl (C=O) groups is 4. The fourth-order valence-electron chi connectivity index (χ4n) is 7.07. The molecule has 48 heavy (non-hydrogen) atoms. The summed E-state index contributed by atoms with van der Waals surface area (Å²) in [5.74, 6) is -2.12. The van der Waals surface area contributed by atoms with E-state index in [-0.39, 0.29) is 38.0 Å². The number of benzene rings is 3. The third-order valence-electron chi connectivity index (χ3n) is 9.64. The number of amides is 3. The number of fused-ring (bicyclic) bond motifs is 3. The number of hydrogen-bond acceptors (Lipinski definition) is 7. The van der Waals surface area contributed by atoms with Gasteiger partial charge in [-0.1, -0.05) is 96.8 Å². The van der Waals surface area contributed by atoms with Crippen molar-refractivity contribution in [3.8, 4) is 11.1 Å². The Kier molecular flexibility index (Phi) is 8.68. The summed E-state index contributed by atoms with van der Waals surface area (Å²) in [6.07, 6.45) is 2.27.